The molecule has 0 fully saturated rings. The van der Waals surface area contributed by atoms with Crippen LogP contribution in [0, 0.1) is 0 Å². The maximum Gasteiger partial charge on any atom is 0.269 e. The Morgan fingerprint density at radius 2 is 2.10 bits per heavy atom. The van der Waals surface area contributed by atoms with E-state index in [9.17, 15) is 9.90 Å². The Balaban J connectivity index is 2.27. The number of carbonyl (C=O) groups excluding carboxylic acids is 1. The lowest BCUT2D eigenvalue weighted by molar-refractivity contribution is 0.102. The molecule has 1 aromatic heterocycles. The summed E-state index contributed by atoms with van der Waals surface area (Å²) in [6.45, 7) is 5.90. The molecule has 20 heavy (non-hydrogen) atoms. The predicted molar refractivity (Wildman–Crippen MR) is 79.7 cm³/mol. The van der Waals surface area contributed by atoms with Crippen molar-refractivity contribution in [2.45, 2.75) is 26.2 Å². The van der Waals surface area contributed by atoms with E-state index in [0.29, 0.717) is 16.3 Å². The number of aromatic nitrogens is 2. The topological polar surface area (TPSA) is 75.1 Å². The third kappa shape index (κ3) is 3.08. The van der Waals surface area contributed by atoms with Gasteiger partial charge in [0.15, 0.2) is 0 Å². The Labute approximate surface area is 125 Å². The van der Waals surface area contributed by atoms with Gasteiger partial charge in [-0.15, -0.1) is 5.10 Å². The zero-order valence-electron chi connectivity index (χ0n) is 11.3. The van der Waals surface area contributed by atoms with Crippen LogP contribution in [0.3, 0.4) is 0 Å². The highest BCUT2D eigenvalue weighted by Gasteiger charge is 2.26. The minimum Gasteiger partial charge on any atom is -0.508 e. The molecule has 2 aromatic rings. The van der Waals surface area contributed by atoms with Gasteiger partial charge in [0.2, 0.25) is 0 Å². The number of halogens is 1. The van der Waals surface area contributed by atoms with Gasteiger partial charge in [-0.1, -0.05) is 36.9 Å². The molecule has 5 nitrogen and oxygen atoms in total. The SMILES string of the molecule is CC(C)(C)c1nnsc1C(=O)Nc1ccc(O)cc1Cl. The van der Waals surface area contributed by atoms with Crippen molar-refractivity contribution in [3.05, 3.63) is 33.8 Å². The fourth-order valence-electron chi connectivity index (χ4n) is 1.61. The van der Waals surface area contributed by atoms with Gasteiger partial charge in [0.25, 0.3) is 5.91 Å². The van der Waals surface area contributed by atoms with E-state index in [4.69, 9.17) is 11.6 Å². The quantitative estimate of drug-likeness (QED) is 0.833. The van der Waals surface area contributed by atoms with Crippen molar-refractivity contribution in [3.63, 3.8) is 0 Å². The smallest absolute Gasteiger partial charge is 0.269 e. The number of anilines is 1. The molecule has 0 bridgehead atoms. The molecule has 0 radical (unpaired) electrons. The minimum atomic E-state index is -0.308. The van der Waals surface area contributed by atoms with Gasteiger partial charge in [0.1, 0.15) is 10.6 Å². The molecule has 0 saturated carbocycles. The molecule has 0 saturated heterocycles. The van der Waals surface area contributed by atoms with Crippen molar-refractivity contribution in [1.82, 2.24) is 9.59 Å². The summed E-state index contributed by atoms with van der Waals surface area (Å²) in [7, 11) is 0. The summed E-state index contributed by atoms with van der Waals surface area (Å²) in [6.07, 6.45) is 0. The largest absolute Gasteiger partial charge is 0.508 e. The lowest BCUT2D eigenvalue weighted by Gasteiger charge is -2.16. The molecular formula is C13H14ClN3O2S. The zero-order valence-corrected chi connectivity index (χ0v) is 12.8. The van der Waals surface area contributed by atoms with Crippen molar-refractivity contribution in [2.24, 2.45) is 0 Å². The average molecular weight is 312 g/mol. The maximum atomic E-state index is 12.3. The summed E-state index contributed by atoms with van der Waals surface area (Å²) in [4.78, 5) is 12.7. The van der Waals surface area contributed by atoms with Crippen molar-refractivity contribution in [1.29, 1.82) is 0 Å². The summed E-state index contributed by atoms with van der Waals surface area (Å²) in [5.74, 6) is -0.264. The van der Waals surface area contributed by atoms with Crippen LogP contribution in [0.1, 0.15) is 36.1 Å². The first-order chi connectivity index (χ1) is 9.29. The molecule has 0 aliphatic carbocycles. The molecule has 0 atom stereocenters. The summed E-state index contributed by atoms with van der Waals surface area (Å²) >= 11 is 7.01. The normalized spacial score (nSPS) is 11.4. The van der Waals surface area contributed by atoms with E-state index in [1.807, 2.05) is 20.8 Å². The Morgan fingerprint density at radius 1 is 1.40 bits per heavy atom. The zero-order chi connectivity index (χ0) is 14.9. The number of nitrogens with zero attached hydrogens (tertiary/aromatic N) is 2. The number of rotatable bonds is 2. The number of hydrogen-bond donors (Lipinski definition) is 2. The Kier molecular flexibility index (Phi) is 3.96. The fourth-order valence-corrected chi connectivity index (χ4v) is 2.61. The maximum absolute atomic E-state index is 12.3. The van der Waals surface area contributed by atoms with Gasteiger partial charge >= 0.3 is 0 Å². The highest BCUT2D eigenvalue weighted by molar-refractivity contribution is 7.08. The number of hydrogen-bond acceptors (Lipinski definition) is 5. The van der Waals surface area contributed by atoms with Gasteiger partial charge in [0, 0.05) is 11.5 Å². The first kappa shape index (κ1) is 14.7. The van der Waals surface area contributed by atoms with Gasteiger partial charge in [-0.2, -0.15) is 0 Å². The highest BCUT2D eigenvalue weighted by Crippen LogP contribution is 2.29. The van der Waals surface area contributed by atoms with Crippen LogP contribution >= 0.6 is 23.1 Å². The van der Waals surface area contributed by atoms with Crippen LogP contribution in [0.5, 0.6) is 5.75 Å². The van der Waals surface area contributed by atoms with Gasteiger partial charge in [-0.05, 0) is 23.7 Å². The third-order valence-electron chi connectivity index (χ3n) is 2.61. The summed E-state index contributed by atoms with van der Waals surface area (Å²) in [6, 6.07) is 4.37. The van der Waals surface area contributed by atoms with E-state index in [1.165, 1.54) is 12.1 Å². The van der Waals surface area contributed by atoms with Gasteiger partial charge in [-0.25, -0.2) is 0 Å². The van der Waals surface area contributed by atoms with Crippen LogP contribution < -0.4 is 5.32 Å². The molecule has 0 spiro atoms. The monoisotopic (exact) mass is 311 g/mol. The molecule has 2 rings (SSSR count). The molecule has 0 aliphatic rings. The Bertz CT molecular complexity index is 649. The summed E-state index contributed by atoms with van der Waals surface area (Å²) in [5, 5.41) is 16.3. The molecule has 0 unspecified atom stereocenters. The first-order valence-electron chi connectivity index (χ1n) is 5.92. The lowest BCUT2D eigenvalue weighted by Crippen LogP contribution is -2.20. The summed E-state index contributed by atoms with van der Waals surface area (Å²) < 4.78 is 3.85. The van der Waals surface area contributed by atoms with E-state index in [-0.39, 0.29) is 22.1 Å². The molecule has 106 valence electrons. The average Bonchev–Trinajstić information content (AvgIpc) is 2.81. The number of phenols is 1. The molecule has 1 amide bonds. The predicted octanol–water partition coefficient (Wildman–Crippen LogP) is 3.45. The lowest BCUT2D eigenvalue weighted by atomic mass is 9.91. The summed E-state index contributed by atoms with van der Waals surface area (Å²) in [5.41, 5.74) is 0.816. The van der Waals surface area contributed by atoms with Crippen LogP contribution in [-0.2, 0) is 5.41 Å². The van der Waals surface area contributed by atoms with E-state index in [2.05, 4.69) is 14.9 Å². The Morgan fingerprint density at radius 3 is 2.70 bits per heavy atom. The van der Waals surface area contributed by atoms with E-state index in [0.717, 1.165) is 11.5 Å². The number of nitrogens with one attached hydrogen (secondary N) is 1. The van der Waals surface area contributed by atoms with Crippen molar-refractivity contribution >= 4 is 34.7 Å². The standard InChI is InChI=1S/C13H14ClN3O2S/c1-13(2,3)11-10(20-17-16-11)12(19)15-9-5-4-7(18)6-8(9)14/h4-6,18H,1-3H3,(H,15,19). The molecule has 1 heterocycles. The van der Waals surface area contributed by atoms with Crippen molar-refractivity contribution in [2.75, 3.05) is 5.32 Å². The second-order valence-corrected chi connectivity index (χ2v) is 6.48. The van der Waals surface area contributed by atoms with E-state index < -0.39 is 0 Å². The molecule has 2 N–H and O–H groups in total. The van der Waals surface area contributed by atoms with Crippen LogP contribution in [0.25, 0.3) is 0 Å². The number of aromatic hydroxyl groups is 1. The first-order valence-corrected chi connectivity index (χ1v) is 7.07. The van der Waals surface area contributed by atoms with Crippen LogP contribution in [-0.4, -0.2) is 20.6 Å². The van der Waals surface area contributed by atoms with Gasteiger partial charge in [-0.3, -0.25) is 4.79 Å². The second-order valence-electron chi connectivity index (χ2n) is 5.32. The van der Waals surface area contributed by atoms with Gasteiger partial charge < -0.3 is 10.4 Å². The number of phenolic OH excluding ortho intramolecular Hbond substituents is 1. The van der Waals surface area contributed by atoms with Crippen LogP contribution in [0.4, 0.5) is 5.69 Å². The van der Waals surface area contributed by atoms with Crippen LogP contribution in [0.2, 0.25) is 5.02 Å². The number of carbonyl (C=O) groups is 1. The van der Waals surface area contributed by atoms with E-state index in [1.54, 1.807) is 6.07 Å². The van der Waals surface area contributed by atoms with Crippen molar-refractivity contribution < 1.29 is 9.90 Å². The molecule has 0 aliphatic heterocycles. The van der Waals surface area contributed by atoms with Crippen LogP contribution in [0.15, 0.2) is 18.2 Å². The van der Waals surface area contributed by atoms with E-state index >= 15 is 0 Å². The molecule has 1 aromatic carbocycles. The number of amides is 1. The van der Waals surface area contributed by atoms with Crippen molar-refractivity contribution in [3.8, 4) is 5.75 Å². The third-order valence-corrected chi connectivity index (χ3v) is 3.64. The molecule has 7 heteroatoms. The number of benzene rings is 1. The minimum absolute atomic E-state index is 0.0443. The fraction of sp³-hybridized carbons (Fsp3) is 0.308. The Hall–Kier alpha value is -1.66. The highest BCUT2D eigenvalue weighted by atomic mass is 35.5. The second kappa shape index (κ2) is 5.38. The van der Waals surface area contributed by atoms with Gasteiger partial charge in [0.05, 0.1) is 16.4 Å². The molecular weight excluding hydrogens is 298 g/mol.